The van der Waals surface area contributed by atoms with Crippen LogP contribution in [-0.4, -0.2) is 43.2 Å². The van der Waals surface area contributed by atoms with Gasteiger partial charge in [-0.05, 0) is 68.8 Å². The molecule has 8 nitrogen and oxygen atoms in total. The Hall–Kier alpha value is -3.37. The number of furan rings is 1. The van der Waals surface area contributed by atoms with E-state index in [0.717, 1.165) is 5.56 Å². The van der Waals surface area contributed by atoms with Crippen LogP contribution in [-0.2, 0) is 37.4 Å². The van der Waals surface area contributed by atoms with Crippen molar-refractivity contribution in [2.75, 3.05) is 13.7 Å². The molecule has 2 aromatic carbocycles. The first-order chi connectivity index (χ1) is 19.0. The Kier molecular flexibility index (Phi) is 8.90. The summed E-state index contributed by atoms with van der Waals surface area (Å²) in [5.41, 5.74) is 2.37. The predicted molar refractivity (Wildman–Crippen MR) is 153 cm³/mol. The molecular formula is C29H28Cl2N2O6S. The van der Waals surface area contributed by atoms with Gasteiger partial charge in [0, 0.05) is 18.8 Å². The number of methoxy groups -OCH3 is 1. The van der Waals surface area contributed by atoms with Crippen molar-refractivity contribution in [2.45, 2.75) is 38.8 Å². The van der Waals surface area contributed by atoms with E-state index in [2.05, 4.69) is 0 Å². The molecule has 4 rings (SSSR count). The largest absolute Gasteiger partial charge is 0.465 e. The van der Waals surface area contributed by atoms with Gasteiger partial charge in [0.1, 0.15) is 11.5 Å². The van der Waals surface area contributed by atoms with Crippen LogP contribution in [0.2, 0.25) is 10.0 Å². The Morgan fingerprint density at radius 1 is 1.02 bits per heavy atom. The van der Waals surface area contributed by atoms with Crippen molar-refractivity contribution in [1.82, 2.24) is 9.21 Å². The zero-order chi connectivity index (χ0) is 29.2. The number of esters is 1. The molecule has 0 radical (unpaired) electrons. The minimum atomic E-state index is -3.95. The Labute approximate surface area is 243 Å². The molecule has 11 heteroatoms. The second kappa shape index (κ2) is 12.0. The molecule has 1 aromatic heterocycles. The van der Waals surface area contributed by atoms with Gasteiger partial charge in [-0.2, -0.15) is 4.31 Å². The Morgan fingerprint density at radius 2 is 1.73 bits per heavy atom. The number of aryl methyl sites for hydroxylation is 1. The van der Waals surface area contributed by atoms with Crippen LogP contribution in [0.25, 0.3) is 6.08 Å². The predicted octanol–water partition coefficient (Wildman–Crippen LogP) is 5.98. The van der Waals surface area contributed by atoms with Crippen molar-refractivity contribution in [3.63, 3.8) is 0 Å². The zero-order valence-corrected chi connectivity index (χ0v) is 24.7. The van der Waals surface area contributed by atoms with E-state index in [4.69, 9.17) is 32.4 Å². The summed E-state index contributed by atoms with van der Waals surface area (Å²) in [4.78, 5) is 27.1. The number of halogens is 2. The van der Waals surface area contributed by atoms with Crippen molar-refractivity contribution < 1.29 is 27.2 Å². The second-order valence-corrected chi connectivity index (χ2v) is 12.0. The number of nitrogens with zero attached hydrogens (tertiary/aromatic N) is 2. The molecule has 0 atom stereocenters. The van der Waals surface area contributed by atoms with Gasteiger partial charge < -0.3 is 14.1 Å². The molecule has 0 saturated heterocycles. The number of carbonyl (C=O) groups is 2. The number of allylic oxidation sites excluding steroid dienone is 1. The van der Waals surface area contributed by atoms with Crippen LogP contribution in [0.15, 0.2) is 80.8 Å². The lowest BCUT2D eigenvalue weighted by molar-refractivity contribution is -0.136. The van der Waals surface area contributed by atoms with E-state index in [1.165, 1.54) is 22.4 Å². The van der Waals surface area contributed by atoms with E-state index in [1.807, 2.05) is 6.92 Å². The number of rotatable bonds is 9. The average Bonchev–Trinajstić information content (AvgIpc) is 3.46. The Morgan fingerprint density at radius 3 is 2.35 bits per heavy atom. The first-order valence-corrected chi connectivity index (χ1v) is 14.6. The summed E-state index contributed by atoms with van der Waals surface area (Å²) >= 11 is 12.2. The van der Waals surface area contributed by atoms with E-state index in [0.29, 0.717) is 33.6 Å². The molecule has 0 unspecified atom stereocenters. The summed E-state index contributed by atoms with van der Waals surface area (Å²) in [7, 11) is -2.70. The first kappa shape index (κ1) is 29.6. The van der Waals surface area contributed by atoms with Crippen LogP contribution in [0.4, 0.5) is 0 Å². The van der Waals surface area contributed by atoms with Crippen molar-refractivity contribution in [3.8, 4) is 0 Å². The first-order valence-electron chi connectivity index (χ1n) is 12.4. The highest BCUT2D eigenvalue weighted by Crippen LogP contribution is 2.32. The van der Waals surface area contributed by atoms with Gasteiger partial charge in [-0.1, -0.05) is 47.0 Å². The maximum Gasteiger partial charge on any atom is 0.340 e. The highest BCUT2D eigenvalue weighted by atomic mass is 35.5. The molecule has 1 aliphatic heterocycles. The molecule has 40 heavy (non-hydrogen) atoms. The fraction of sp³-hybridized carbons (Fsp3) is 0.241. The van der Waals surface area contributed by atoms with E-state index >= 15 is 0 Å². The molecule has 0 aliphatic carbocycles. The highest BCUT2D eigenvalue weighted by Gasteiger charge is 2.36. The van der Waals surface area contributed by atoms with Gasteiger partial charge in [0.15, 0.2) is 0 Å². The third-order valence-electron chi connectivity index (χ3n) is 6.52. The lowest BCUT2D eigenvalue weighted by Gasteiger charge is -2.22. The molecule has 3 aromatic rings. The fourth-order valence-corrected chi connectivity index (χ4v) is 6.12. The van der Waals surface area contributed by atoms with Crippen LogP contribution in [0.1, 0.15) is 36.5 Å². The number of likely N-dealkylation sites (N-methyl/N-ethyl adjacent to an activating group) is 1. The van der Waals surface area contributed by atoms with Crippen LogP contribution < -0.4 is 0 Å². The Balaban J connectivity index is 1.69. The van der Waals surface area contributed by atoms with Crippen molar-refractivity contribution in [3.05, 3.63) is 104 Å². The van der Waals surface area contributed by atoms with Crippen molar-refractivity contribution in [2.24, 2.45) is 0 Å². The number of ether oxygens (including phenoxy) is 1. The van der Waals surface area contributed by atoms with Crippen molar-refractivity contribution >= 4 is 51.2 Å². The molecule has 0 bridgehead atoms. The minimum Gasteiger partial charge on any atom is -0.465 e. The normalized spacial score (nSPS) is 15.0. The average molecular weight is 604 g/mol. The summed E-state index contributed by atoms with van der Waals surface area (Å²) in [6.07, 6.45) is 1.47. The Bertz CT molecular complexity index is 1620. The summed E-state index contributed by atoms with van der Waals surface area (Å²) in [5.74, 6) is -0.355. The third kappa shape index (κ3) is 6.02. The van der Waals surface area contributed by atoms with E-state index < -0.39 is 16.0 Å². The molecule has 0 fully saturated rings. The van der Waals surface area contributed by atoms with Gasteiger partial charge in [-0.25, -0.2) is 13.2 Å². The number of hydrogen-bond donors (Lipinski definition) is 0. The monoisotopic (exact) mass is 602 g/mol. The molecule has 1 aliphatic rings. The van der Waals surface area contributed by atoms with Gasteiger partial charge in [0.25, 0.3) is 5.91 Å². The van der Waals surface area contributed by atoms with Crippen LogP contribution in [0.3, 0.4) is 0 Å². The summed E-state index contributed by atoms with van der Waals surface area (Å²) in [6.45, 7) is 5.64. The third-order valence-corrected chi connectivity index (χ3v) is 9.07. The van der Waals surface area contributed by atoms with E-state index in [-0.39, 0.29) is 40.8 Å². The number of benzene rings is 2. The number of carbonyl (C=O) groups excluding carboxylic acids is 2. The summed E-state index contributed by atoms with van der Waals surface area (Å²) in [5, 5.41) is 0.673. The quantitative estimate of drug-likeness (QED) is 0.221. The zero-order valence-electron chi connectivity index (χ0n) is 22.4. The minimum absolute atomic E-state index is 0.00257. The fourth-order valence-electron chi connectivity index (χ4n) is 4.41. The van der Waals surface area contributed by atoms with Crippen LogP contribution >= 0.6 is 23.2 Å². The SMILES string of the molecule is CCN1C(=O)/C(=C/c2ccc(CN(Cc3ccc(Cl)c(Cl)c3)S(=O)(=O)c3ccc(C)cc3)o2)C(C(=O)OC)=C1C. The number of hydrogen-bond acceptors (Lipinski definition) is 6. The maximum atomic E-state index is 13.7. The van der Waals surface area contributed by atoms with E-state index in [9.17, 15) is 18.0 Å². The molecule has 0 saturated carbocycles. The van der Waals surface area contributed by atoms with Crippen molar-refractivity contribution in [1.29, 1.82) is 0 Å². The van der Waals surface area contributed by atoms with Gasteiger partial charge in [0.05, 0.1) is 39.7 Å². The lowest BCUT2D eigenvalue weighted by Crippen LogP contribution is -2.30. The van der Waals surface area contributed by atoms with Gasteiger partial charge >= 0.3 is 5.97 Å². The smallest absolute Gasteiger partial charge is 0.340 e. The highest BCUT2D eigenvalue weighted by molar-refractivity contribution is 7.89. The van der Waals surface area contributed by atoms with Crippen LogP contribution in [0, 0.1) is 6.92 Å². The number of sulfonamides is 1. The molecule has 1 amide bonds. The topological polar surface area (TPSA) is 97.1 Å². The van der Waals surface area contributed by atoms with Gasteiger partial charge in [0.2, 0.25) is 10.0 Å². The molecule has 0 N–H and O–H groups in total. The molecular weight excluding hydrogens is 575 g/mol. The number of amides is 1. The molecule has 210 valence electrons. The summed E-state index contributed by atoms with van der Waals surface area (Å²) < 4.78 is 39.5. The molecule has 0 spiro atoms. The lowest BCUT2D eigenvalue weighted by atomic mass is 10.1. The second-order valence-electron chi connectivity index (χ2n) is 9.20. The summed E-state index contributed by atoms with van der Waals surface area (Å²) in [6, 6.07) is 14.7. The van der Waals surface area contributed by atoms with E-state index in [1.54, 1.807) is 68.4 Å². The standard InChI is InChI=1S/C29H28Cl2N2O6S/c1-5-33-19(3)27(29(35)38-4)24(28(33)34)15-21-9-10-22(39-21)17-32(16-20-8-13-25(30)26(31)14-20)40(36,37)23-11-6-18(2)7-12-23/h6-15H,5,16-17H2,1-4H3/b24-15+. The van der Waals surface area contributed by atoms with Gasteiger partial charge in [-0.3, -0.25) is 4.79 Å². The van der Waals surface area contributed by atoms with Crippen LogP contribution in [0.5, 0.6) is 0 Å². The maximum absolute atomic E-state index is 13.7. The molecule has 2 heterocycles. The van der Waals surface area contributed by atoms with Gasteiger partial charge in [-0.15, -0.1) is 0 Å².